The van der Waals surface area contributed by atoms with Crippen LogP contribution in [0.2, 0.25) is 0 Å². The van der Waals surface area contributed by atoms with Crippen LogP contribution in [0.15, 0.2) is 71.6 Å². The minimum absolute atomic E-state index is 0.255. The fourth-order valence-electron chi connectivity index (χ4n) is 4.06. The summed E-state index contributed by atoms with van der Waals surface area (Å²) in [5.41, 5.74) is 4.26. The number of nitrogens with zero attached hydrogens (tertiary/aromatic N) is 2. The number of aromatic nitrogens is 2. The van der Waals surface area contributed by atoms with Gasteiger partial charge in [-0.3, -0.25) is 9.40 Å². The molecule has 0 bridgehead atoms. The summed E-state index contributed by atoms with van der Waals surface area (Å²) >= 11 is 0. The number of aryl methyl sites for hydroxylation is 1. The molecule has 166 valence electrons. The Morgan fingerprint density at radius 3 is 2.34 bits per heavy atom. The normalized spacial score (nSPS) is 11.9. The first-order chi connectivity index (χ1) is 15.2. The molecule has 1 aromatic heterocycles. The first-order valence-corrected chi connectivity index (χ1v) is 12.4. The SMILES string of the molecule is Cc1nn(Cc2cccc3ccccc23)c(C)c1NS(=O)(=O)c1ccc(CC(C)C)cc1. The Labute approximate surface area is 190 Å². The Balaban J connectivity index is 1.60. The van der Waals surface area contributed by atoms with Crippen molar-refractivity contribution in [3.05, 3.63) is 89.2 Å². The molecule has 4 aromatic rings. The largest absolute Gasteiger partial charge is 0.276 e. The molecular formula is C26H29N3O2S. The van der Waals surface area contributed by atoms with Crippen molar-refractivity contribution in [1.29, 1.82) is 0 Å². The van der Waals surface area contributed by atoms with Gasteiger partial charge in [0.2, 0.25) is 0 Å². The van der Waals surface area contributed by atoms with Crippen LogP contribution in [-0.4, -0.2) is 18.2 Å². The highest BCUT2D eigenvalue weighted by molar-refractivity contribution is 7.92. The fraction of sp³-hybridized carbons (Fsp3) is 0.269. The third-order valence-corrected chi connectivity index (χ3v) is 7.06. The average Bonchev–Trinajstić information content (AvgIpc) is 3.01. The summed E-state index contributed by atoms with van der Waals surface area (Å²) in [7, 11) is -3.70. The molecule has 4 rings (SSSR count). The summed E-state index contributed by atoms with van der Waals surface area (Å²) in [5.74, 6) is 0.522. The molecular weight excluding hydrogens is 418 g/mol. The van der Waals surface area contributed by atoms with E-state index in [0.29, 0.717) is 23.8 Å². The van der Waals surface area contributed by atoms with E-state index in [4.69, 9.17) is 0 Å². The fourth-order valence-corrected chi connectivity index (χ4v) is 5.24. The van der Waals surface area contributed by atoms with Crippen molar-refractivity contribution < 1.29 is 8.42 Å². The zero-order valence-electron chi connectivity index (χ0n) is 19.0. The molecule has 0 saturated carbocycles. The lowest BCUT2D eigenvalue weighted by Crippen LogP contribution is -2.14. The highest BCUT2D eigenvalue weighted by atomic mass is 32.2. The molecule has 0 aliphatic carbocycles. The maximum Gasteiger partial charge on any atom is 0.262 e. The molecule has 0 atom stereocenters. The van der Waals surface area contributed by atoms with Crippen molar-refractivity contribution >= 4 is 26.5 Å². The molecule has 0 radical (unpaired) electrons. The van der Waals surface area contributed by atoms with E-state index in [1.54, 1.807) is 12.1 Å². The van der Waals surface area contributed by atoms with E-state index in [-0.39, 0.29) is 4.90 Å². The van der Waals surface area contributed by atoms with E-state index in [1.807, 2.05) is 48.9 Å². The van der Waals surface area contributed by atoms with Crippen LogP contribution in [0.4, 0.5) is 5.69 Å². The first-order valence-electron chi connectivity index (χ1n) is 10.9. The number of sulfonamides is 1. The summed E-state index contributed by atoms with van der Waals surface area (Å²) in [5, 5.41) is 6.97. The van der Waals surface area contributed by atoms with Gasteiger partial charge in [-0.05, 0) is 60.2 Å². The van der Waals surface area contributed by atoms with E-state index in [2.05, 4.69) is 47.9 Å². The van der Waals surface area contributed by atoms with E-state index >= 15 is 0 Å². The number of rotatable bonds is 7. The first kappa shape index (κ1) is 22.1. The van der Waals surface area contributed by atoms with Crippen LogP contribution in [-0.2, 0) is 23.0 Å². The molecule has 0 fully saturated rings. The van der Waals surface area contributed by atoms with Gasteiger partial charge < -0.3 is 0 Å². The van der Waals surface area contributed by atoms with Crippen molar-refractivity contribution in [3.63, 3.8) is 0 Å². The van der Waals surface area contributed by atoms with Crippen molar-refractivity contribution in [3.8, 4) is 0 Å². The summed E-state index contributed by atoms with van der Waals surface area (Å²) in [6.07, 6.45) is 0.924. The van der Waals surface area contributed by atoms with Crippen molar-refractivity contribution in [1.82, 2.24) is 9.78 Å². The van der Waals surface area contributed by atoms with Gasteiger partial charge in [-0.1, -0.05) is 68.4 Å². The molecule has 0 aliphatic heterocycles. The third-order valence-electron chi connectivity index (χ3n) is 5.70. The highest BCUT2D eigenvalue weighted by Gasteiger charge is 2.20. The minimum Gasteiger partial charge on any atom is -0.276 e. The van der Waals surface area contributed by atoms with Crippen LogP contribution in [0.25, 0.3) is 10.8 Å². The summed E-state index contributed by atoms with van der Waals surface area (Å²) in [4.78, 5) is 0.255. The van der Waals surface area contributed by atoms with Crippen LogP contribution in [0.3, 0.4) is 0 Å². The number of nitrogens with one attached hydrogen (secondary N) is 1. The highest BCUT2D eigenvalue weighted by Crippen LogP contribution is 2.26. The third kappa shape index (κ3) is 4.55. The van der Waals surface area contributed by atoms with Gasteiger partial charge >= 0.3 is 0 Å². The molecule has 0 spiro atoms. The minimum atomic E-state index is -3.70. The zero-order chi connectivity index (χ0) is 22.9. The molecule has 0 amide bonds. The van der Waals surface area contributed by atoms with Gasteiger partial charge in [0, 0.05) is 0 Å². The standard InChI is InChI=1S/C26H29N3O2S/c1-18(2)16-21-12-14-24(15-13-21)32(30,31)28-26-19(3)27-29(20(26)4)17-23-10-7-9-22-8-5-6-11-25(22)23/h5-15,18,28H,16-17H2,1-4H3. The van der Waals surface area contributed by atoms with E-state index < -0.39 is 10.0 Å². The number of hydrogen-bond acceptors (Lipinski definition) is 3. The van der Waals surface area contributed by atoms with Crippen LogP contribution in [0, 0.1) is 19.8 Å². The van der Waals surface area contributed by atoms with Gasteiger partial charge in [-0.25, -0.2) is 8.42 Å². The molecule has 6 heteroatoms. The molecule has 0 aliphatic rings. The van der Waals surface area contributed by atoms with E-state index in [9.17, 15) is 8.42 Å². The lowest BCUT2D eigenvalue weighted by Gasteiger charge is -2.11. The van der Waals surface area contributed by atoms with Gasteiger partial charge in [0.1, 0.15) is 0 Å². The lowest BCUT2D eigenvalue weighted by molar-refractivity contribution is 0.601. The number of benzene rings is 3. The van der Waals surface area contributed by atoms with Crippen LogP contribution in [0.5, 0.6) is 0 Å². The quantitative estimate of drug-likeness (QED) is 0.395. The number of anilines is 1. The molecule has 3 aromatic carbocycles. The van der Waals surface area contributed by atoms with Gasteiger partial charge in [0.15, 0.2) is 0 Å². The smallest absolute Gasteiger partial charge is 0.262 e. The van der Waals surface area contributed by atoms with Crippen molar-refractivity contribution in [2.75, 3.05) is 4.72 Å². The van der Waals surface area contributed by atoms with Gasteiger partial charge in [-0.15, -0.1) is 0 Å². The summed E-state index contributed by atoms with van der Waals surface area (Å²) in [6, 6.07) is 21.6. The van der Waals surface area contributed by atoms with E-state index in [1.165, 1.54) is 10.8 Å². The predicted octanol–water partition coefficient (Wildman–Crippen LogP) is 5.70. The Morgan fingerprint density at radius 2 is 1.62 bits per heavy atom. The molecule has 1 N–H and O–H groups in total. The average molecular weight is 448 g/mol. The Morgan fingerprint density at radius 1 is 0.938 bits per heavy atom. The zero-order valence-corrected chi connectivity index (χ0v) is 19.8. The molecule has 5 nitrogen and oxygen atoms in total. The maximum atomic E-state index is 13.0. The van der Waals surface area contributed by atoms with Crippen molar-refractivity contribution in [2.24, 2.45) is 5.92 Å². The molecule has 32 heavy (non-hydrogen) atoms. The number of hydrogen-bond donors (Lipinski definition) is 1. The monoisotopic (exact) mass is 447 g/mol. The van der Waals surface area contributed by atoms with Gasteiger partial charge in [-0.2, -0.15) is 5.10 Å². The van der Waals surface area contributed by atoms with Crippen LogP contribution < -0.4 is 4.72 Å². The Kier molecular flexibility index (Phi) is 6.07. The Bertz CT molecular complexity index is 1350. The van der Waals surface area contributed by atoms with Crippen LogP contribution in [0.1, 0.15) is 36.4 Å². The molecule has 0 saturated heterocycles. The topological polar surface area (TPSA) is 64.0 Å². The molecule has 1 heterocycles. The summed E-state index contributed by atoms with van der Waals surface area (Å²) in [6.45, 7) is 8.59. The second-order valence-corrected chi connectivity index (χ2v) is 10.4. The molecule has 0 unspecified atom stereocenters. The number of fused-ring (bicyclic) bond motifs is 1. The predicted molar refractivity (Wildman–Crippen MR) is 131 cm³/mol. The summed E-state index contributed by atoms with van der Waals surface area (Å²) < 4.78 is 30.7. The maximum absolute atomic E-state index is 13.0. The second kappa shape index (κ2) is 8.79. The van der Waals surface area contributed by atoms with Gasteiger partial charge in [0.05, 0.1) is 28.5 Å². The van der Waals surface area contributed by atoms with Gasteiger partial charge in [0.25, 0.3) is 10.0 Å². The second-order valence-electron chi connectivity index (χ2n) is 8.69. The van der Waals surface area contributed by atoms with Crippen LogP contribution >= 0.6 is 0 Å². The van der Waals surface area contributed by atoms with Crippen molar-refractivity contribution in [2.45, 2.75) is 45.6 Å². The lowest BCUT2D eigenvalue weighted by atomic mass is 10.0. The Hall–Kier alpha value is -3.12. The van der Waals surface area contributed by atoms with E-state index in [0.717, 1.165) is 23.2 Å².